The van der Waals surface area contributed by atoms with E-state index in [1.165, 1.54) is 29.1 Å². The van der Waals surface area contributed by atoms with Crippen molar-refractivity contribution >= 4 is 23.0 Å². The largest absolute Gasteiger partial charge is 0.503 e. The standard InChI is InChI=1S/C27H29F2N3O4S/c1-14(2)7-19(33)10-18-12-31(15(3)4)27(36)23-25(35)24(34)21(13-32(18)23)26-30-11-20(37-26)8-16-5-6-17(28)9-22(16)29/h5-6,9,11,13-15,18,35H,7-8,10,12H2,1-4H3. The van der Waals surface area contributed by atoms with Gasteiger partial charge >= 0.3 is 0 Å². The molecule has 37 heavy (non-hydrogen) atoms. The third-order valence-corrected chi connectivity index (χ3v) is 7.39. The number of halogens is 2. The zero-order valence-electron chi connectivity index (χ0n) is 21.1. The molecule has 1 aromatic carbocycles. The number of ketones is 1. The van der Waals surface area contributed by atoms with Crippen LogP contribution < -0.4 is 5.43 Å². The highest BCUT2D eigenvalue weighted by molar-refractivity contribution is 7.15. The average Bonchev–Trinajstić information content (AvgIpc) is 3.27. The molecule has 7 nitrogen and oxygen atoms in total. The van der Waals surface area contributed by atoms with E-state index in [1.54, 1.807) is 4.90 Å². The summed E-state index contributed by atoms with van der Waals surface area (Å²) in [7, 11) is 0. The molecule has 1 aliphatic heterocycles. The highest BCUT2D eigenvalue weighted by Crippen LogP contribution is 2.33. The Bertz CT molecular complexity index is 1410. The van der Waals surface area contributed by atoms with Gasteiger partial charge in [-0.05, 0) is 31.4 Å². The molecule has 1 N–H and O–H groups in total. The number of fused-ring (bicyclic) bond motifs is 1. The van der Waals surface area contributed by atoms with Gasteiger partial charge in [0.05, 0.1) is 11.6 Å². The van der Waals surface area contributed by atoms with E-state index in [0.29, 0.717) is 16.3 Å². The van der Waals surface area contributed by atoms with Crippen molar-refractivity contribution < 1.29 is 23.5 Å². The van der Waals surface area contributed by atoms with Crippen LogP contribution in [-0.4, -0.2) is 43.8 Å². The predicted octanol–water partition coefficient (Wildman–Crippen LogP) is 4.96. The topological polar surface area (TPSA) is 92.5 Å². The Morgan fingerprint density at radius 1 is 1.22 bits per heavy atom. The lowest BCUT2D eigenvalue weighted by Crippen LogP contribution is -2.48. The molecular formula is C27H29F2N3O4S. The molecule has 3 heterocycles. The van der Waals surface area contributed by atoms with E-state index in [9.17, 15) is 28.3 Å². The number of aromatic nitrogens is 2. The van der Waals surface area contributed by atoms with Crippen LogP contribution in [0.1, 0.15) is 67.5 Å². The Hall–Kier alpha value is -3.40. The second kappa shape index (κ2) is 10.5. The molecule has 1 amide bonds. The first-order chi connectivity index (χ1) is 17.5. The van der Waals surface area contributed by atoms with E-state index < -0.39 is 34.8 Å². The molecule has 0 radical (unpaired) electrons. The van der Waals surface area contributed by atoms with Crippen LogP contribution in [0.15, 0.2) is 35.4 Å². The van der Waals surface area contributed by atoms with E-state index in [0.717, 1.165) is 17.4 Å². The summed E-state index contributed by atoms with van der Waals surface area (Å²) >= 11 is 1.14. The molecule has 2 aromatic heterocycles. The fourth-order valence-corrected chi connectivity index (χ4v) is 5.52. The molecule has 0 fully saturated rings. The number of carbonyl (C=O) groups is 2. The van der Waals surface area contributed by atoms with Crippen LogP contribution in [0.4, 0.5) is 8.78 Å². The van der Waals surface area contributed by atoms with Crippen molar-refractivity contribution in [3.05, 3.63) is 68.6 Å². The number of carbonyl (C=O) groups excluding carboxylic acids is 2. The first-order valence-corrected chi connectivity index (χ1v) is 13.0. The summed E-state index contributed by atoms with van der Waals surface area (Å²) in [6.07, 6.45) is 3.67. The minimum Gasteiger partial charge on any atom is -0.503 e. The molecule has 1 unspecified atom stereocenters. The zero-order chi connectivity index (χ0) is 27.0. The van der Waals surface area contributed by atoms with Gasteiger partial charge in [0, 0.05) is 55.2 Å². The lowest BCUT2D eigenvalue weighted by molar-refractivity contribution is -0.120. The second-order valence-corrected chi connectivity index (χ2v) is 11.2. The van der Waals surface area contributed by atoms with Gasteiger partial charge in [0.1, 0.15) is 22.4 Å². The van der Waals surface area contributed by atoms with Crippen LogP contribution in [0.25, 0.3) is 10.6 Å². The minimum absolute atomic E-state index is 0.0293. The second-order valence-electron chi connectivity index (χ2n) is 10.1. The molecular weight excluding hydrogens is 500 g/mol. The van der Waals surface area contributed by atoms with Gasteiger partial charge in [0.15, 0.2) is 11.4 Å². The van der Waals surface area contributed by atoms with Gasteiger partial charge in [0.2, 0.25) is 5.43 Å². The molecule has 3 aromatic rings. The molecule has 0 saturated heterocycles. The third kappa shape index (κ3) is 5.49. The monoisotopic (exact) mass is 529 g/mol. The SMILES string of the molecule is CC(C)CC(=O)CC1CN(C(C)C)C(=O)c2c(O)c(=O)c(-c3ncc(Cc4ccc(F)cc4F)s3)cn21. The summed E-state index contributed by atoms with van der Waals surface area (Å²) < 4.78 is 28.9. The summed E-state index contributed by atoms with van der Waals surface area (Å²) in [4.78, 5) is 45.6. The molecule has 0 saturated carbocycles. The number of hydrogen-bond donors (Lipinski definition) is 1. The van der Waals surface area contributed by atoms with Gasteiger partial charge in [-0.2, -0.15) is 0 Å². The Balaban J connectivity index is 1.74. The van der Waals surface area contributed by atoms with E-state index >= 15 is 0 Å². The van der Waals surface area contributed by atoms with Gasteiger partial charge in [-0.1, -0.05) is 19.9 Å². The van der Waals surface area contributed by atoms with Crippen LogP contribution in [0.5, 0.6) is 5.75 Å². The van der Waals surface area contributed by atoms with Gasteiger partial charge < -0.3 is 14.6 Å². The van der Waals surface area contributed by atoms with Gasteiger partial charge in [-0.3, -0.25) is 14.4 Å². The fourth-order valence-electron chi connectivity index (χ4n) is 4.58. The van der Waals surface area contributed by atoms with Crippen molar-refractivity contribution in [3.63, 3.8) is 0 Å². The maximum absolute atomic E-state index is 14.1. The Morgan fingerprint density at radius 2 is 1.95 bits per heavy atom. The van der Waals surface area contributed by atoms with Crippen LogP contribution in [0.2, 0.25) is 0 Å². The molecule has 0 spiro atoms. The van der Waals surface area contributed by atoms with E-state index in [4.69, 9.17) is 0 Å². The molecule has 4 rings (SSSR count). The summed E-state index contributed by atoms with van der Waals surface area (Å²) in [6, 6.07) is 2.69. The molecule has 0 bridgehead atoms. The highest BCUT2D eigenvalue weighted by atomic mass is 32.1. The number of hydrogen-bond acceptors (Lipinski definition) is 6. The maximum Gasteiger partial charge on any atom is 0.274 e. The fraction of sp³-hybridized carbons (Fsp3) is 0.407. The Morgan fingerprint density at radius 3 is 2.59 bits per heavy atom. The summed E-state index contributed by atoms with van der Waals surface area (Å²) in [5.41, 5.74) is -0.513. The molecule has 1 atom stereocenters. The zero-order valence-corrected chi connectivity index (χ0v) is 21.9. The number of pyridine rings is 1. The molecule has 1 aliphatic rings. The summed E-state index contributed by atoms with van der Waals surface area (Å²) in [5, 5.41) is 11.2. The van der Waals surface area contributed by atoms with E-state index in [1.807, 2.05) is 27.7 Å². The first-order valence-electron chi connectivity index (χ1n) is 12.2. The quantitative estimate of drug-likeness (QED) is 0.446. The Kier molecular flexibility index (Phi) is 7.59. The van der Waals surface area contributed by atoms with Crippen molar-refractivity contribution in [1.29, 1.82) is 0 Å². The van der Waals surface area contributed by atoms with Crippen molar-refractivity contribution in [2.45, 2.75) is 59.0 Å². The van der Waals surface area contributed by atoms with Crippen molar-refractivity contribution in [2.75, 3.05) is 6.54 Å². The number of benzene rings is 1. The van der Waals surface area contributed by atoms with Crippen LogP contribution >= 0.6 is 11.3 Å². The van der Waals surface area contributed by atoms with Crippen molar-refractivity contribution in [2.24, 2.45) is 5.92 Å². The van der Waals surface area contributed by atoms with E-state index in [-0.39, 0.29) is 54.0 Å². The number of nitrogens with zero attached hydrogens (tertiary/aromatic N) is 3. The van der Waals surface area contributed by atoms with Gasteiger partial charge in [-0.25, -0.2) is 13.8 Å². The number of Topliss-reactive ketones (excluding diaryl/α,β-unsaturated/α-hetero) is 1. The highest BCUT2D eigenvalue weighted by Gasteiger charge is 2.37. The predicted molar refractivity (Wildman–Crippen MR) is 137 cm³/mol. The number of rotatable bonds is 8. The minimum atomic E-state index is -0.744. The summed E-state index contributed by atoms with van der Waals surface area (Å²) in [6.45, 7) is 7.85. The molecule has 196 valence electrons. The smallest absolute Gasteiger partial charge is 0.274 e. The van der Waals surface area contributed by atoms with Gasteiger partial charge in [-0.15, -0.1) is 11.3 Å². The Labute approximate surface area is 217 Å². The normalized spacial score (nSPS) is 15.5. The first kappa shape index (κ1) is 26.7. The third-order valence-electron chi connectivity index (χ3n) is 6.36. The molecule has 10 heteroatoms. The number of amides is 1. The molecule has 0 aliphatic carbocycles. The van der Waals surface area contributed by atoms with Crippen LogP contribution in [0.3, 0.4) is 0 Å². The van der Waals surface area contributed by atoms with Crippen LogP contribution in [0, 0.1) is 17.6 Å². The maximum atomic E-state index is 14.1. The van der Waals surface area contributed by atoms with Crippen molar-refractivity contribution in [3.8, 4) is 16.3 Å². The lowest BCUT2D eigenvalue weighted by Gasteiger charge is -2.38. The summed E-state index contributed by atoms with van der Waals surface area (Å²) in [5.74, 6) is -2.30. The van der Waals surface area contributed by atoms with Gasteiger partial charge in [0.25, 0.3) is 5.91 Å². The lowest BCUT2D eigenvalue weighted by atomic mass is 9.98. The average molecular weight is 530 g/mol. The van der Waals surface area contributed by atoms with Crippen LogP contribution in [-0.2, 0) is 11.2 Å². The van der Waals surface area contributed by atoms with E-state index in [2.05, 4.69) is 4.98 Å². The van der Waals surface area contributed by atoms with Crippen molar-refractivity contribution in [1.82, 2.24) is 14.5 Å². The number of thiazole rings is 1. The number of aromatic hydroxyl groups is 1.